The summed E-state index contributed by atoms with van der Waals surface area (Å²) >= 11 is 0. The van der Waals surface area contributed by atoms with Crippen molar-refractivity contribution in [3.05, 3.63) is 23.9 Å². The van der Waals surface area contributed by atoms with Crippen molar-refractivity contribution in [2.75, 3.05) is 51.7 Å². The summed E-state index contributed by atoms with van der Waals surface area (Å²) in [5.41, 5.74) is 0.474. The molecule has 1 aliphatic rings. The molecule has 0 aromatic carbocycles. The molecular formula is C13H20N4O2. The SMILES string of the molecule is CNc1cccc(C(=O)N2CCN(CCO)CC2)n1. The fraction of sp³-hybridized carbons (Fsp3) is 0.538. The van der Waals surface area contributed by atoms with Crippen LogP contribution in [-0.4, -0.2) is 72.2 Å². The van der Waals surface area contributed by atoms with Crippen LogP contribution in [-0.2, 0) is 0 Å². The average Bonchev–Trinajstić information content (AvgIpc) is 2.48. The van der Waals surface area contributed by atoms with Crippen LogP contribution in [0.2, 0.25) is 0 Å². The van der Waals surface area contributed by atoms with Gasteiger partial charge in [0.1, 0.15) is 11.5 Å². The minimum Gasteiger partial charge on any atom is -0.395 e. The minimum absolute atomic E-state index is 0.0271. The Balaban J connectivity index is 1.97. The zero-order valence-electron chi connectivity index (χ0n) is 11.2. The van der Waals surface area contributed by atoms with E-state index in [2.05, 4.69) is 15.2 Å². The van der Waals surface area contributed by atoms with Crippen molar-refractivity contribution in [3.8, 4) is 0 Å². The zero-order chi connectivity index (χ0) is 13.7. The number of nitrogens with one attached hydrogen (secondary N) is 1. The number of pyridine rings is 1. The molecular weight excluding hydrogens is 244 g/mol. The van der Waals surface area contributed by atoms with Crippen LogP contribution in [0.4, 0.5) is 5.82 Å². The third-order valence-corrected chi connectivity index (χ3v) is 3.30. The van der Waals surface area contributed by atoms with E-state index in [1.165, 1.54) is 0 Å². The van der Waals surface area contributed by atoms with E-state index in [0.717, 1.165) is 13.1 Å². The van der Waals surface area contributed by atoms with E-state index in [1.807, 2.05) is 17.0 Å². The Morgan fingerprint density at radius 1 is 1.37 bits per heavy atom. The summed E-state index contributed by atoms with van der Waals surface area (Å²) in [6, 6.07) is 5.40. The van der Waals surface area contributed by atoms with E-state index >= 15 is 0 Å². The smallest absolute Gasteiger partial charge is 0.272 e. The predicted octanol–water partition coefficient (Wildman–Crippen LogP) is -0.127. The number of nitrogens with zero attached hydrogens (tertiary/aromatic N) is 3. The molecule has 104 valence electrons. The first kappa shape index (κ1) is 13.8. The molecule has 0 bridgehead atoms. The van der Waals surface area contributed by atoms with Gasteiger partial charge in [0.05, 0.1) is 6.61 Å². The molecule has 1 saturated heterocycles. The Labute approximate surface area is 113 Å². The number of aliphatic hydroxyl groups is 1. The van der Waals surface area contributed by atoms with Crippen LogP contribution in [0.3, 0.4) is 0 Å². The first-order valence-electron chi connectivity index (χ1n) is 6.52. The molecule has 1 aliphatic heterocycles. The number of aliphatic hydroxyl groups excluding tert-OH is 1. The summed E-state index contributed by atoms with van der Waals surface area (Å²) in [4.78, 5) is 20.5. The molecule has 6 heteroatoms. The highest BCUT2D eigenvalue weighted by Crippen LogP contribution is 2.09. The number of aromatic nitrogens is 1. The highest BCUT2D eigenvalue weighted by Gasteiger charge is 2.22. The highest BCUT2D eigenvalue weighted by molar-refractivity contribution is 5.92. The average molecular weight is 264 g/mol. The van der Waals surface area contributed by atoms with Crippen molar-refractivity contribution in [2.24, 2.45) is 0 Å². The van der Waals surface area contributed by atoms with Crippen LogP contribution < -0.4 is 5.32 Å². The molecule has 0 radical (unpaired) electrons. The van der Waals surface area contributed by atoms with Gasteiger partial charge in [0.2, 0.25) is 0 Å². The number of rotatable bonds is 4. The molecule has 0 saturated carbocycles. The van der Waals surface area contributed by atoms with Gasteiger partial charge in [-0.15, -0.1) is 0 Å². The van der Waals surface area contributed by atoms with Crippen LogP contribution in [0.5, 0.6) is 0 Å². The lowest BCUT2D eigenvalue weighted by atomic mass is 10.2. The molecule has 0 aliphatic carbocycles. The Morgan fingerprint density at radius 2 is 2.11 bits per heavy atom. The maximum absolute atomic E-state index is 12.3. The molecule has 1 amide bonds. The largest absolute Gasteiger partial charge is 0.395 e. The number of amides is 1. The number of hydrogen-bond acceptors (Lipinski definition) is 5. The summed E-state index contributed by atoms with van der Waals surface area (Å²) in [7, 11) is 1.78. The zero-order valence-corrected chi connectivity index (χ0v) is 11.2. The van der Waals surface area contributed by atoms with Crippen LogP contribution >= 0.6 is 0 Å². The lowest BCUT2D eigenvalue weighted by Crippen LogP contribution is -2.49. The fourth-order valence-electron chi connectivity index (χ4n) is 2.17. The molecule has 1 aromatic rings. The quantitative estimate of drug-likeness (QED) is 0.793. The Hall–Kier alpha value is -1.66. The van der Waals surface area contributed by atoms with Gasteiger partial charge in [0, 0.05) is 39.8 Å². The van der Waals surface area contributed by atoms with E-state index < -0.39 is 0 Å². The fourth-order valence-corrected chi connectivity index (χ4v) is 2.17. The van der Waals surface area contributed by atoms with Crippen molar-refractivity contribution in [3.63, 3.8) is 0 Å². The minimum atomic E-state index is -0.0271. The van der Waals surface area contributed by atoms with Crippen molar-refractivity contribution in [2.45, 2.75) is 0 Å². The second kappa shape index (κ2) is 6.49. The molecule has 0 atom stereocenters. The summed E-state index contributed by atoms with van der Waals surface area (Å²) in [5, 5.41) is 11.8. The molecule has 0 unspecified atom stereocenters. The number of hydrogen-bond donors (Lipinski definition) is 2. The van der Waals surface area contributed by atoms with Gasteiger partial charge < -0.3 is 15.3 Å². The van der Waals surface area contributed by atoms with Gasteiger partial charge in [-0.2, -0.15) is 0 Å². The molecule has 2 N–H and O–H groups in total. The Bertz CT molecular complexity index is 430. The van der Waals surface area contributed by atoms with Crippen LogP contribution in [0.15, 0.2) is 18.2 Å². The number of piperazine rings is 1. The molecule has 0 spiro atoms. The number of anilines is 1. The molecule has 19 heavy (non-hydrogen) atoms. The molecule has 6 nitrogen and oxygen atoms in total. The van der Waals surface area contributed by atoms with Crippen molar-refractivity contribution in [1.82, 2.24) is 14.8 Å². The van der Waals surface area contributed by atoms with Gasteiger partial charge in [-0.05, 0) is 12.1 Å². The van der Waals surface area contributed by atoms with Crippen LogP contribution in [0.1, 0.15) is 10.5 Å². The summed E-state index contributed by atoms with van der Waals surface area (Å²) in [5.74, 6) is 0.672. The monoisotopic (exact) mass is 264 g/mol. The summed E-state index contributed by atoms with van der Waals surface area (Å²) in [6.45, 7) is 3.82. The van der Waals surface area contributed by atoms with E-state index in [1.54, 1.807) is 13.1 Å². The molecule has 2 rings (SSSR count). The normalized spacial score (nSPS) is 16.4. The van der Waals surface area contributed by atoms with E-state index in [0.29, 0.717) is 31.1 Å². The lowest BCUT2D eigenvalue weighted by Gasteiger charge is -2.34. The Kier molecular flexibility index (Phi) is 4.70. The van der Waals surface area contributed by atoms with Gasteiger partial charge in [-0.25, -0.2) is 4.98 Å². The van der Waals surface area contributed by atoms with Gasteiger partial charge in [0.15, 0.2) is 0 Å². The van der Waals surface area contributed by atoms with Crippen molar-refractivity contribution >= 4 is 11.7 Å². The van der Waals surface area contributed by atoms with Crippen molar-refractivity contribution < 1.29 is 9.90 Å². The standard InChI is InChI=1S/C13H20N4O2/c1-14-12-4-2-3-11(15-12)13(19)17-7-5-16(6-8-17)9-10-18/h2-4,18H,5-10H2,1H3,(H,14,15). The topological polar surface area (TPSA) is 68.7 Å². The maximum Gasteiger partial charge on any atom is 0.272 e. The highest BCUT2D eigenvalue weighted by atomic mass is 16.3. The lowest BCUT2D eigenvalue weighted by molar-refractivity contribution is 0.0609. The maximum atomic E-state index is 12.3. The van der Waals surface area contributed by atoms with Crippen LogP contribution in [0.25, 0.3) is 0 Å². The van der Waals surface area contributed by atoms with E-state index in [9.17, 15) is 4.79 Å². The van der Waals surface area contributed by atoms with Gasteiger partial charge in [-0.3, -0.25) is 9.69 Å². The van der Waals surface area contributed by atoms with E-state index in [-0.39, 0.29) is 12.5 Å². The molecule has 1 aromatic heterocycles. The van der Waals surface area contributed by atoms with Gasteiger partial charge >= 0.3 is 0 Å². The molecule has 2 heterocycles. The number of carbonyl (C=O) groups is 1. The third kappa shape index (κ3) is 3.42. The third-order valence-electron chi connectivity index (χ3n) is 3.30. The first-order valence-corrected chi connectivity index (χ1v) is 6.52. The number of β-amino-alcohol motifs (C(OH)–C–C–N with tert-alkyl or cyclic N) is 1. The predicted molar refractivity (Wildman–Crippen MR) is 73.2 cm³/mol. The number of carbonyl (C=O) groups excluding carboxylic acids is 1. The van der Waals surface area contributed by atoms with Gasteiger partial charge in [0.25, 0.3) is 5.91 Å². The summed E-state index contributed by atoms with van der Waals surface area (Å²) < 4.78 is 0. The summed E-state index contributed by atoms with van der Waals surface area (Å²) in [6.07, 6.45) is 0. The van der Waals surface area contributed by atoms with Crippen LogP contribution in [0, 0.1) is 0 Å². The van der Waals surface area contributed by atoms with Gasteiger partial charge in [-0.1, -0.05) is 6.07 Å². The van der Waals surface area contributed by atoms with E-state index in [4.69, 9.17) is 5.11 Å². The molecule has 1 fully saturated rings. The second-order valence-electron chi connectivity index (χ2n) is 4.52. The second-order valence-corrected chi connectivity index (χ2v) is 4.52. The van der Waals surface area contributed by atoms with Crippen molar-refractivity contribution in [1.29, 1.82) is 0 Å². The first-order chi connectivity index (χ1) is 9.24. The Morgan fingerprint density at radius 3 is 2.74 bits per heavy atom.